The van der Waals surface area contributed by atoms with E-state index in [0.717, 1.165) is 17.7 Å². The van der Waals surface area contributed by atoms with Gasteiger partial charge in [-0.25, -0.2) is 8.42 Å². The van der Waals surface area contributed by atoms with Crippen molar-refractivity contribution >= 4 is 27.3 Å². The van der Waals surface area contributed by atoms with E-state index in [0.29, 0.717) is 11.4 Å². The molecule has 0 aromatic heterocycles. The van der Waals surface area contributed by atoms with Gasteiger partial charge in [0.05, 0.1) is 16.9 Å². The van der Waals surface area contributed by atoms with Crippen LogP contribution in [0.2, 0.25) is 0 Å². The van der Waals surface area contributed by atoms with Gasteiger partial charge in [0, 0.05) is 11.4 Å². The zero-order valence-corrected chi connectivity index (χ0v) is 17.2. The second kappa shape index (κ2) is 8.81. The lowest BCUT2D eigenvalue weighted by Crippen LogP contribution is -2.15. The van der Waals surface area contributed by atoms with Crippen molar-refractivity contribution in [3.8, 4) is 0 Å². The molecule has 2 N–H and O–H groups in total. The molecule has 0 spiro atoms. The molecule has 5 nitrogen and oxygen atoms in total. The van der Waals surface area contributed by atoms with Crippen molar-refractivity contribution in [3.63, 3.8) is 0 Å². The minimum absolute atomic E-state index is 0.122. The number of carbonyl (C=O) groups excluding carboxylic acids is 1. The van der Waals surface area contributed by atoms with Gasteiger partial charge in [0.2, 0.25) is 5.91 Å². The summed E-state index contributed by atoms with van der Waals surface area (Å²) in [4.78, 5) is 12.3. The number of benzene rings is 3. The van der Waals surface area contributed by atoms with Crippen LogP contribution < -0.4 is 10.0 Å². The van der Waals surface area contributed by atoms with E-state index in [2.05, 4.69) is 10.0 Å². The molecule has 0 radical (unpaired) electrons. The van der Waals surface area contributed by atoms with Gasteiger partial charge in [-0.2, -0.15) is 13.2 Å². The Kier molecular flexibility index (Phi) is 6.35. The number of aryl methyl sites for hydroxylation is 1. The number of nitrogens with one attached hydrogen (secondary N) is 2. The largest absolute Gasteiger partial charge is 0.416 e. The molecule has 0 unspecified atom stereocenters. The summed E-state index contributed by atoms with van der Waals surface area (Å²) in [5.41, 5.74) is 1.04. The maximum absolute atomic E-state index is 12.8. The summed E-state index contributed by atoms with van der Waals surface area (Å²) < 4.78 is 65.6. The van der Waals surface area contributed by atoms with Crippen LogP contribution in [0.25, 0.3) is 0 Å². The molecule has 31 heavy (non-hydrogen) atoms. The molecular weight excluding hydrogens is 429 g/mol. The van der Waals surface area contributed by atoms with Crippen LogP contribution in [0.3, 0.4) is 0 Å². The molecule has 0 heterocycles. The Bertz CT molecular complexity index is 1170. The Morgan fingerprint density at radius 3 is 2.13 bits per heavy atom. The van der Waals surface area contributed by atoms with Crippen molar-refractivity contribution in [2.75, 3.05) is 10.0 Å². The quantitative estimate of drug-likeness (QED) is 0.558. The van der Waals surface area contributed by atoms with Crippen LogP contribution in [0.5, 0.6) is 0 Å². The van der Waals surface area contributed by atoms with Crippen LogP contribution >= 0.6 is 0 Å². The molecule has 3 rings (SSSR count). The van der Waals surface area contributed by atoms with Gasteiger partial charge in [-0.1, -0.05) is 35.9 Å². The highest BCUT2D eigenvalue weighted by Crippen LogP contribution is 2.29. The number of alkyl halides is 3. The summed E-state index contributed by atoms with van der Waals surface area (Å²) >= 11 is 0. The lowest BCUT2D eigenvalue weighted by molar-refractivity contribution is -0.137. The Balaban J connectivity index is 1.63. The molecule has 0 saturated carbocycles. The van der Waals surface area contributed by atoms with Crippen molar-refractivity contribution in [1.82, 2.24) is 0 Å². The first kappa shape index (κ1) is 22.4. The fourth-order valence-electron chi connectivity index (χ4n) is 2.80. The van der Waals surface area contributed by atoms with Crippen molar-refractivity contribution in [1.29, 1.82) is 0 Å². The van der Waals surface area contributed by atoms with Gasteiger partial charge in [0.15, 0.2) is 0 Å². The normalized spacial score (nSPS) is 11.7. The van der Waals surface area contributed by atoms with E-state index < -0.39 is 27.7 Å². The first-order valence-electron chi connectivity index (χ1n) is 9.18. The topological polar surface area (TPSA) is 75.3 Å². The zero-order valence-electron chi connectivity index (χ0n) is 16.4. The number of amides is 1. The molecule has 3 aromatic carbocycles. The summed E-state index contributed by atoms with van der Waals surface area (Å²) in [5.74, 6) is -0.493. The number of hydrogen-bond acceptors (Lipinski definition) is 3. The fourth-order valence-corrected chi connectivity index (χ4v) is 3.86. The molecule has 3 aromatic rings. The van der Waals surface area contributed by atoms with Gasteiger partial charge < -0.3 is 5.32 Å². The lowest BCUT2D eigenvalue weighted by atomic mass is 10.1. The highest BCUT2D eigenvalue weighted by Gasteiger charge is 2.30. The highest BCUT2D eigenvalue weighted by atomic mass is 32.2. The van der Waals surface area contributed by atoms with Gasteiger partial charge in [-0.3, -0.25) is 9.52 Å². The van der Waals surface area contributed by atoms with Crippen LogP contribution in [0, 0.1) is 6.92 Å². The van der Waals surface area contributed by atoms with Crippen molar-refractivity contribution < 1.29 is 26.4 Å². The Morgan fingerprint density at radius 2 is 1.52 bits per heavy atom. The lowest BCUT2D eigenvalue weighted by Gasteiger charge is -2.11. The molecule has 0 aliphatic rings. The smallest absolute Gasteiger partial charge is 0.326 e. The molecule has 0 saturated heterocycles. The van der Waals surface area contributed by atoms with E-state index in [9.17, 15) is 26.4 Å². The molecule has 0 aliphatic heterocycles. The summed E-state index contributed by atoms with van der Waals surface area (Å²) in [5, 5.41) is 2.58. The highest BCUT2D eigenvalue weighted by molar-refractivity contribution is 7.92. The number of anilines is 2. The SMILES string of the molecule is Cc1ccc(S(=O)(=O)Nc2ccc(NC(=O)Cc3cccc(C(F)(F)F)c3)cc2)cc1. The predicted molar refractivity (Wildman–Crippen MR) is 112 cm³/mol. The average molecular weight is 448 g/mol. The maximum Gasteiger partial charge on any atom is 0.416 e. The molecular formula is C22H19F3N2O3S. The molecule has 162 valence electrons. The number of sulfonamides is 1. The van der Waals surface area contributed by atoms with Crippen molar-refractivity contribution in [2.24, 2.45) is 0 Å². The first-order chi connectivity index (χ1) is 14.5. The van der Waals surface area contributed by atoms with Gasteiger partial charge in [-0.15, -0.1) is 0 Å². The number of hydrogen-bond donors (Lipinski definition) is 2. The maximum atomic E-state index is 12.8. The molecule has 1 amide bonds. The third kappa shape index (κ3) is 6.08. The Morgan fingerprint density at radius 1 is 0.903 bits per heavy atom. The summed E-state index contributed by atoms with van der Waals surface area (Å²) in [7, 11) is -3.75. The minimum atomic E-state index is -4.48. The Hall–Kier alpha value is -3.33. The Labute approximate surface area is 178 Å². The van der Waals surface area contributed by atoms with Crippen LogP contribution in [-0.2, 0) is 27.4 Å². The number of rotatable bonds is 6. The second-order valence-electron chi connectivity index (χ2n) is 6.92. The van der Waals surface area contributed by atoms with E-state index in [1.165, 1.54) is 48.5 Å². The van der Waals surface area contributed by atoms with Crippen LogP contribution in [0.4, 0.5) is 24.5 Å². The number of halogens is 3. The van der Waals surface area contributed by atoms with Crippen LogP contribution in [0.1, 0.15) is 16.7 Å². The van der Waals surface area contributed by atoms with Crippen molar-refractivity contribution in [3.05, 3.63) is 89.5 Å². The van der Waals surface area contributed by atoms with Gasteiger partial charge in [0.25, 0.3) is 10.0 Å². The van der Waals surface area contributed by atoms with Crippen molar-refractivity contribution in [2.45, 2.75) is 24.4 Å². The van der Waals surface area contributed by atoms with Crippen LogP contribution in [-0.4, -0.2) is 14.3 Å². The fraction of sp³-hybridized carbons (Fsp3) is 0.136. The molecule has 0 bridgehead atoms. The van der Waals surface area contributed by atoms with E-state index in [-0.39, 0.29) is 16.9 Å². The first-order valence-corrected chi connectivity index (χ1v) is 10.7. The zero-order chi connectivity index (χ0) is 22.6. The third-order valence-electron chi connectivity index (χ3n) is 4.37. The van der Waals surface area contributed by atoms with E-state index in [1.807, 2.05) is 6.92 Å². The summed E-state index contributed by atoms with van der Waals surface area (Å²) in [6.45, 7) is 1.85. The molecule has 0 atom stereocenters. The average Bonchev–Trinajstić information content (AvgIpc) is 2.69. The van der Waals surface area contributed by atoms with Gasteiger partial charge in [-0.05, 0) is 55.0 Å². The molecule has 0 aliphatic carbocycles. The van der Waals surface area contributed by atoms with E-state index >= 15 is 0 Å². The third-order valence-corrected chi connectivity index (χ3v) is 5.77. The van der Waals surface area contributed by atoms with E-state index in [4.69, 9.17) is 0 Å². The van der Waals surface area contributed by atoms with Gasteiger partial charge >= 0.3 is 6.18 Å². The second-order valence-corrected chi connectivity index (χ2v) is 8.60. The monoisotopic (exact) mass is 448 g/mol. The standard InChI is InChI=1S/C22H19F3N2O3S/c1-15-5-11-20(12-6-15)31(29,30)27-19-9-7-18(8-10-19)26-21(28)14-16-3-2-4-17(13-16)22(23,24)25/h2-13,27H,14H2,1H3,(H,26,28). The van der Waals surface area contributed by atoms with Crippen LogP contribution in [0.15, 0.2) is 77.7 Å². The minimum Gasteiger partial charge on any atom is -0.326 e. The molecule has 9 heteroatoms. The molecule has 0 fully saturated rings. The van der Waals surface area contributed by atoms with E-state index in [1.54, 1.807) is 12.1 Å². The summed E-state index contributed by atoms with van der Waals surface area (Å²) in [6, 6.07) is 16.9. The predicted octanol–water partition coefficient (Wildman–Crippen LogP) is 5.00. The van der Waals surface area contributed by atoms with Gasteiger partial charge in [0.1, 0.15) is 0 Å². The summed E-state index contributed by atoms with van der Waals surface area (Å²) in [6.07, 6.45) is -4.71. The number of carbonyl (C=O) groups is 1.